The molecular weight excluding hydrogens is 198 g/mol. The van der Waals surface area contributed by atoms with Crippen LogP contribution in [0.25, 0.3) is 0 Å². The van der Waals surface area contributed by atoms with E-state index in [1.165, 1.54) is 11.1 Å². The number of guanidine groups is 1. The van der Waals surface area contributed by atoms with Gasteiger partial charge in [0, 0.05) is 20.1 Å². The van der Waals surface area contributed by atoms with Crippen molar-refractivity contribution in [2.24, 2.45) is 4.99 Å². The highest BCUT2D eigenvalue weighted by molar-refractivity contribution is 5.79. The van der Waals surface area contributed by atoms with Crippen LogP contribution in [0.5, 0.6) is 0 Å². The van der Waals surface area contributed by atoms with Crippen LogP contribution in [0.15, 0.2) is 29.3 Å². The number of benzene rings is 1. The van der Waals surface area contributed by atoms with Gasteiger partial charge in [0.05, 0.1) is 0 Å². The first kappa shape index (κ1) is 12.6. The summed E-state index contributed by atoms with van der Waals surface area (Å²) < 4.78 is 0. The van der Waals surface area contributed by atoms with Gasteiger partial charge < -0.3 is 10.6 Å². The van der Waals surface area contributed by atoms with Gasteiger partial charge in [0.25, 0.3) is 0 Å². The zero-order chi connectivity index (χ0) is 11.8. The van der Waals surface area contributed by atoms with E-state index in [1.54, 1.807) is 7.05 Å². The molecule has 0 saturated heterocycles. The van der Waals surface area contributed by atoms with E-state index in [2.05, 4.69) is 53.7 Å². The molecule has 2 N–H and O–H groups in total. The maximum absolute atomic E-state index is 4.14. The van der Waals surface area contributed by atoms with E-state index in [0.717, 1.165) is 25.5 Å². The fourth-order valence-electron chi connectivity index (χ4n) is 1.64. The summed E-state index contributed by atoms with van der Waals surface area (Å²) in [7, 11) is 1.79. The van der Waals surface area contributed by atoms with Crippen LogP contribution in [-0.2, 0) is 13.0 Å². The molecule has 0 radical (unpaired) electrons. The molecule has 0 fully saturated rings. The number of nitrogens with zero attached hydrogens (tertiary/aromatic N) is 1. The van der Waals surface area contributed by atoms with Crippen LogP contribution in [-0.4, -0.2) is 19.6 Å². The second-order valence-electron chi connectivity index (χ2n) is 3.58. The van der Waals surface area contributed by atoms with Crippen LogP contribution in [0.4, 0.5) is 0 Å². The van der Waals surface area contributed by atoms with Crippen molar-refractivity contribution in [3.8, 4) is 0 Å². The summed E-state index contributed by atoms with van der Waals surface area (Å²) in [5, 5.41) is 6.48. The van der Waals surface area contributed by atoms with E-state index in [1.807, 2.05) is 0 Å². The Hall–Kier alpha value is -1.51. The summed E-state index contributed by atoms with van der Waals surface area (Å²) in [6.07, 6.45) is 1.07. The standard InChI is InChI=1S/C13H21N3/c1-4-11-8-6-7-9-12(11)10-16-13(14-3)15-5-2/h6-9H,4-5,10H2,1-3H3,(H2,14,15,16). The molecule has 0 aromatic heterocycles. The molecule has 0 saturated carbocycles. The lowest BCUT2D eigenvalue weighted by Crippen LogP contribution is -2.36. The van der Waals surface area contributed by atoms with E-state index in [-0.39, 0.29) is 0 Å². The highest BCUT2D eigenvalue weighted by atomic mass is 15.2. The van der Waals surface area contributed by atoms with E-state index in [9.17, 15) is 0 Å². The van der Waals surface area contributed by atoms with Crippen LogP contribution in [0.2, 0.25) is 0 Å². The summed E-state index contributed by atoms with van der Waals surface area (Å²) >= 11 is 0. The van der Waals surface area contributed by atoms with Gasteiger partial charge >= 0.3 is 0 Å². The number of hydrogen-bond acceptors (Lipinski definition) is 1. The third-order valence-corrected chi connectivity index (χ3v) is 2.51. The first-order chi connectivity index (χ1) is 7.81. The molecule has 16 heavy (non-hydrogen) atoms. The Kier molecular flexibility index (Phi) is 5.40. The van der Waals surface area contributed by atoms with Crippen molar-refractivity contribution in [2.45, 2.75) is 26.8 Å². The molecular formula is C13H21N3. The minimum absolute atomic E-state index is 0.823. The van der Waals surface area contributed by atoms with Crippen LogP contribution in [0, 0.1) is 0 Å². The van der Waals surface area contributed by atoms with Gasteiger partial charge in [-0.25, -0.2) is 0 Å². The average Bonchev–Trinajstić information content (AvgIpc) is 2.34. The predicted octanol–water partition coefficient (Wildman–Crippen LogP) is 1.93. The van der Waals surface area contributed by atoms with Gasteiger partial charge in [-0.2, -0.15) is 0 Å². The molecule has 0 atom stereocenters. The summed E-state index contributed by atoms with van der Waals surface area (Å²) in [6, 6.07) is 8.49. The Bertz CT molecular complexity index is 345. The molecule has 0 amide bonds. The molecule has 88 valence electrons. The summed E-state index contributed by atoms with van der Waals surface area (Å²) in [5.41, 5.74) is 2.73. The molecule has 0 unspecified atom stereocenters. The maximum Gasteiger partial charge on any atom is 0.191 e. The lowest BCUT2D eigenvalue weighted by Gasteiger charge is -2.12. The quantitative estimate of drug-likeness (QED) is 0.599. The monoisotopic (exact) mass is 219 g/mol. The van der Waals surface area contributed by atoms with Gasteiger partial charge in [-0.15, -0.1) is 0 Å². The van der Waals surface area contributed by atoms with E-state index >= 15 is 0 Å². The van der Waals surface area contributed by atoms with Crippen LogP contribution >= 0.6 is 0 Å². The molecule has 3 nitrogen and oxygen atoms in total. The second kappa shape index (κ2) is 6.88. The maximum atomic E-state index is 4.14. The average molecular weight is 219 g/mol. The smallest absolute Gasteiger partial charge is 0.191 e. The lowest BCUT2D eigenvalue weighted by molar-refractivity contribution is 0.821. The first-order valence-electron chi connectivity index (χ1n) is 5.83. The number of nitrogens with one attached hydrogen (secondary N) is 2. The highest BCUT2D eigenvalue weighted by Crippen LogP contribution is 2.08. The van der Waals surface area contributed by atoms with Gasteiger partial charge in [0.1, 0.15) is 0 Å². The van der Waals surface area contributed by atoms with Crippen LogP contribution in [0.3, 0.4) is 0 Å². The molecule has 1 aromatic rings. The van der Waals surface area contributed by atoms with Gasteiger partial charge in [0.2, 0.25) is 0 Å². The van der Waals surface area contributed by atoms with Crippen molar-refractivity contribution in [1.29, 1.82) is 0 Å². The third kappa shape index (κ3) is 3.57. The Balaban J connectivity index is 2.60. The molecule has 0 bridgehead atoms. The molecule has 1 rings (SSSR count). The predicted molar refractivity (Wildman–Crippen MR) is 69.7 cm³/mol. The van der Waals surface area contributed by atoms with E-state index in [0.29, 0.717) is 0 Å². The Morgan fingerprint density at radius 1 is 1.12 bits per heavy atom. The summed E-state index contributed by atoms with van der Waals surface area (Å²) in [5.74, 6) is 0.855. The molecule has 0 aliphatic carbocycles. The molecule has 0 aliphatic rings. The normalized spacial score (nSPS) is 11.3. The topological polar surface area (TPSA) is 36.4 Å². The van der Waals surface area contributed by atoms with Crippen molar-refractivity contribution in [3.63, 3.8) is 0 Å². The molecule has 0 heterocycles. The summed E-state index contributed by atoms with van der Waals surface area (Å²) in [6.45, 7) is 5.95. The van der Waals surface area contributed by atoms with Crippen molar-refractivity contribution < 1.29 is 0 Å². The third-order valence-electron chi connectivity index (χ3n) is 2.51. The first-order valence-corrected chi connectivity index (χ1v) is 5.83. The van der Waals surface area contributed by atoms with Gasteiger partial charge in [-0.3, -0.25) is 4.99 Å². The van der Waals surface area contributed by atoms with E-state index in [4.69, 9.17) is 0 Å². The van der Waals surface area contributed by atoms with Crippen molar-refractivity contribution >= 4 is 5.96 Å². The number of aryl methyl sites for hydroxylation is 1. The number of rotatable bonds is 4. The van der Waals surface area contributed by atoms with Crippen molar-refractivity contribution in [2.75, 3.05) is 13.6 Å². The Morgan fingerprint density at radius 2 is 1.81 bits per heavy atom. The van der Waals surface area contributed by atoms with Crippen molar-refractivity contribution in [3.05, 3.63) is 35.4 Å². The largest absolute Gasteiger partial charge is 0.357 e. The molecule has 0 aliphatic heterocycles. The molecule has 1 aromatic carbocycles. The fourth-order valence-corrected chi connectivity index (χ4v) is 1.64. The lowest BCUT2D eigenvalue weighted by atomic mass is 10.1. The zero-order valence-electron chi connectivity index (χ0n) is 10.4. The van der Waals surface area contributed by atoms with Crippen LogP contribution in [0.1, 0.15) is 25.0 Å². The number of aliphatic imine (C=N–C) groups is 1. The molecule has 0 spiro atoms. The van der Waals surface area contributed by atoms with Crippen LogP contribution < -0.4 is 10.6 Å². The Labute approximate surface area is 98.0 Å². The molecule has 3 heteroatoms. The SMILES string of the molecule is CCNC(=NC)NCc1ccccc1CC. The van der Waals surface area contributed by atoms with Gasteiger partial charge in [-0.1, -0.05) is 31.2 Å². The van der Waals surface area contributed by atoms with Gasteiger partial charge in [-0.05, 0) is 24.5 Å². The van der Waals surface area contributed by atoms with E-state index < -0.39 is 0 Å². The zero-order valence-corrected chi connectivity index (χ0v) is 10.4. The minimum atomic E-state index is 0.823. The number of hydrogen-bond donors (Lipinski definition) is 2. The Morgan fingerprint density at radius 3 is 2.38 bits per heavy atom. The highest BCUT2D eigenvalue weighted by Gasteiger charge is 2.00. The van der Waals surface area contributed by atoms with Gasteiger partial charge in [0.15, 0.2) is 5.96 Å². The summed E-state index contributed by atoms with van der Waals surface area (Å²) in [4.78, 5) is 4.14. The minimum Gasteiger partial charge on any atom is -0.357 e. The van der Waals surface area contributed by atoms with Crippen molar-refractivity contribution in [1.82, 2.24) is 10.6 Å². The fraction of sp³-hybridized carbons (Fsp3) is 0.462. The second-order valence-corrected chi connectivity index (χ2v) is 3.58.